The Balaban J connectivity index is 3.08. The van der Waals surface area contributed by atoms with Gasteiger partial charge in [0.25, 0.3) is 0 Å². The molecule has 0 unspecified atom stereocenters. The largest absolute Gasteiger partial charge is 0.478 e. The molecule has 0 saturated carbocycles. The predicted molar refractivity (Wildman–Crippen MR) is 161 cm³/mol. The highest BCUT2D eigenvalue weighted by Crippen LogP contribution is 2.10. The van der Waals surface area contributed by atoms with Crippen LogP contribution in [0.4, 0.5) is 0 Å². The second-order valence-corrected chi connectivity index (χ2v) is 9.70. The molecule has 0 amide bonds. The van der Waals surface area contributed by atoms with Gasteiger partial charge in [0.15, 0.2) is 0 Å². The molecule has 0 aromatic heterocycles. The minimum atomic E-state index is -0.818. The van der Waals surface area contributed by atoms with Gasteiger partial charge in [-0.1, -0.05) is 44.6 Å². The lowest BCUT2D eigenvalue weighted by molar-refractivity contribution is -0.132. The highest BCUT2D eigenvalue weighted by Gasteiger charge is 1.99. The summed E-state index contributed by atoms with van der Waals surface area (Å²) in [6.07, 6.45) is 12.2. The molecule has 0 bridgehead atoms. The molecule has 0 aromatic carbocycles. The fourth-order valence-electron chi connectivity index (χ4n) is 3.60. The van der Waals surface area contributed by atoms with Gasteiger partial charge in [-0.3, -0.25) is 0 Å². The van der Waals surface area contributed by atoms with Crippen molar-refractivity contribution < 1.29 is 52.5 Å². The van der Waals surface area contributed by atoms with E-state index >= 15 is 0 Å². The minimum Gasteiger partial charge on any atom is -0.478 e. The van der Waals surface area contributed by atoms with Crippen LogP contribution < -0.4 is 0 Å². The number of unbranched alkanes of at least 4 members (excludes halogenated alkanes) is 8. The molecular weight excluding hydrogens is 548 g/mol. The Hall–Kier alpha value is -1.15. The summed E-state index contributed by atoms with van der Waals surface area (Å²) < 4.78 is 48.6. The van der Waals surface area contributed by atoms with Crippen molar-refractivity contribution in [1.29, 1.82) is 0 Å². The average molecular weight is 609 g/mol. The number of methoxy groups -OCH3 is 1. The van der Waals surface area contributed by atoms with Gasteiger partial charge in [0.2, 0.25) is 0 Å². The molecule has 42 heavy (non-hydrogen) atoms. The number of allylic oxidation sites excluding steroid dienone is 1. The molecule has 11 nitrogen and oxygen atoms in total. The first-order valence-electron chi connectivity index (χ1n) is 15.7. The summed E-state index contributed by atoms with van der Waals surface area (Å²) >= 11 is 0. The van der Waals surface area contributed by atoms with E-state index in [-0.39, 0.29) is 0 Å². The van der Waals surface area contributed by atoms with Crippen LogP contribution in [0.15, 0.2) is 11.6 Å². The third-order valence-corrected chi connectivity index (χ3v) is 6.07. The maximum atomic E-state index is 10.7. The van der Waals surface area contributed by atoms with Gasteiger partial charge in [-0.05, 0) is 26.2 Å². The lowest BCUT2D eigenvalue weighted by atomic mass is 10.1. The van der Waals surface area contributed by atoms with E-state index in [0.29, 0.717) is 111 Å². The molecule has 11 heteroatoms. The van der Waals surface area contributed by atoms with Crippen LogP contribution in [0.25, 0.3) is 0 Å². The molecule has 0 aromatic rings. The number of hydrogen-bond donors (Lipinski definition) is 1. The topological polar surface area (TPSA) is 120 Å². The summed E-state index contributed by atoms with van der Waals surface area (Å²) in [7, 11) is 1.65. The smallest absolute Gasteiger partial charge is 0.330 e. The van der Waals surface area contributed by atoms with Gasteiger partial charge in [0.05, 0.1) is 106 Å². The Kier molecular flexibility index (Phi) is 35.1. The second kappa shape index (κ2) is 36.0. The Morgan fingerprint density at radius 3 is 1.07 bits per heavy atom. The van der Waals surface area contributed by atoms with Crippen molar-refractivity contribution in [2.45, 2.75) is 64.7 Å². The summed E-state index contributed by atoms with van der Waals surface area (Å²) in [6.45, 7) is 11.3. The fourth-order valence-corrected chi connectivity index (χ4v) is 3.60. The standard InChI is InChI=1S/C31H60O11/c1-30(31(32)33)12-10-8-6-4-3-5-7-9-11-13-35-16-17-37-20-21-39-24-25-41-28-29-42-27-26-40-23-22-38-19-18-36-15-14-34-2/h12H,3-11,13-29H2,1-2H3,(H,32,33). The molecule has 0 aliphatic carbocycles. The van der Waals surface area contributed by atoms with Crippen molar-refractivity contribution in [3.63, 3.8) is 0 Å². The molecule has 250 valence electrons. The average Bonchev–Trinajstić information content (AvgIpc) is 2.99. The fraction of sp³-hybridized carbons (Fsp3) is 0.903. The van der Waals surface area contributed by atoms with Gasteiger partial charge in [-0.25, -0.2) is 4.79 Å². The Morgan fingerprint density at radius 1 is 0.452 bits per heavy atom. The molecule has 0 saturated heterocycles. The van der Waals surface area contributed by atoms with Crippen molar-refractivity contribution in [2.24, 2.45) is 0 Å². The SMILES string of the molecule is COCCOCCOCCOCCOCCOCCOCCOCCOCCCCCCCCCCC=C(C)C(=O)O. The first-order chi connectivity index (χ1) is 20.7. The van der Waals surface area contributed by atoms with E-state index in [1.54, 1.807) is 14.0 Å². The highest BCUT2D eigenvalue weighted by atomic mass is 16.6. The van der Waals surface area contributed by atoms with Crippen LogP contribution in [-0.2, 0) is 47.4 Å². The molecule has 0 aliphatic heterocycles. The second-order valence-electron chi connectivity index (χ2n) is 9.70. The lowest BCUT2D eigenvalue weighted by Gasteiger charge is -2.08. The molecule has 0 fully saturated rings. The lowest BCUT2D eigenvalue weighted by Crippen LogP contribution is -2.15. The Labute approximate surface area is 254 Å². The maximum Gasteiger partial charge on any atom is 0.330 e. The van der Waals surface area contributed by atoms with Gasteiger partial charge in [0.1, 0.15) is 0 Å². The van der Waals surface area contributed by atoms with E-state index in [4.69, 9.17) is 47.7 Å². The summed E-state index contributed by atoms with van der Waals surface area (Å²) in [6, 6.07) is 0. The van der Waals surface area contributed by atoms with Gasteiger partial charge in [-0.15, -0.1) is 0 Å². The monoisotopic (exact) mass is 608 g/mol. The van der Waals surface area contributed by atoms with Crippen molar-refractivity contribution in [1.82, 2.24) is 0 Å². The molecule has 0 rings (SSSR count). The molecular formula is C31H60O11. The van der Waals surface area contributed by atoms with Gasteiger partial charge < -0.3 is 47.7 Å². The first kappa shape index (κ1) is 40.9. The highest BCUT2D eigenvalue weighted by molar-refractivity contribution is 5.85. The summed E-state index contributed by atoms with van der Waals surface area (Å²) in [4.78, 5) is 10.7. The number of carboxylic acids is 1. The van der Waals surface area contributed by atoms with Crippen molar-refractivity contribution in [3.05, 3.63) is 11.6 Å². The molecule has 0 heterocycles. The zero-order chi connectivity index (χ0) is 30.6. The maximum absolute atomic E-state index is 10.7. The number of ether oxygens (including phenoxy) is 9. The van der Waals surface area contributed by atoms with E-state index in [1.165, 1.54) is 38.5 Å². The summed E-state index contributed by atoms with van der Waals surface area (Å²) in [5.41, 5.74) is 0.447. The van der Waals surface area contributed by atoms with Crippen LogP contribution in [-0.4, -0.2) is 131 Å². The number of hydrogen-bond acceptors (Lipinski definition) is 10. The van der Waals surface area contributed by atoms with Crippen LogP contribution in [0.3, 0.4) is 0 Å². The quantitative estimate of drug-likeness (QED) is 0.0809. The predicted octanol–water partition coefficient (Wildman–Crippen LogP) is 4.31. The van der Waals surface area contributed by atoms with Crippen LogP contribution in [0.5, 0.6) is 0 Å². The van der Waals surface area contributed by atoms with Crippen molar-refractivity contribution in [2.75, 3.05) is 119 Å². The normalized spacial score (nSPS) is 11.9. The molecule has 0 spiro atoms. The Morgan fingerprint density at radius 2 is 0.738 bits per heavy atom. The zero-order valence-corrected chi connectivity index (χ0v) is 26.5. The van der Waals surface area contributed by atoms with E-state index in [0.717, 1.165) is 25.9 Å². The van der Waals surface area contributed by atoms with Gasteiger partial charge in [-0.2, -0.15) is 0 Å². The summed E-state index contributed by atoms with van der Waals surface area (Å²) in [5, 5.41) is 8.81. The molecule has 1 N–H and O–H groups in total. The van der Waals surface area contributed by atoms with E-state index in [9.17, 15) is 4.79 Å². The number of rotatable bonds is 36. The third kappa shape index (κ3) is 35.0. The molecule has 0 radical (unpaired) electrons. The molecule has 0 atom stereocenters. The van der Waals surface area contributed by atoms with Gasteiger partial charge >= 0.3 is 5.97 Å². The zero-order valence-electron chi connectivity index (χ0n) is 26.5. The number of aliphatic carboxylic acids is 1. The Bertz CT molecular complexity index is 575. The minimum absolute atomic E-state index is 0.447. The third-order valence-electron chi connectivity index (χ3n) is 6.07. The van der Waals surface area contributed by atoms with Crippen LogP contribution in [0.2, 0.25) is 0 Å². The van der Waals surface area contributed by atoms with E-state index in [1.807, 2.05) is 6.08 Å². The van der Waals surface area contributed by atoms with E-state index in [2.05, 4.69) is 0 Å². The number of carboxylic acid groups (broad SMARTS) is 1. The van der Waals surface area contributed by atoms with Gasteiger partial charge in [0, 0.05) is 19.3 Å². The van der Waals surface area contributed by atoms with Crippen LogP contribution in [0.1, 0.15) is 64.7 Å². The van der Waals surface area contributed by atoms with Crippen LogP contribution >= 0.6 is 0 Å². The van der Waals surface area contributed by atoms with E-state index < -0.39 is 5.97 Å². The summed E-state index contributed by atoms with van der Waals surface area (Å²) in [5.74, 6) is -0.818. The van der Waals surface area contributed by atoms with Crippen molar-refractivity contribution in [3.8, 4) is 0 Å². The molecule has 0 aliphatic rings. The number of carbonyl (C=O) groups is 1. The first-order valence-corrected chi connectivity index (χ1v) is 15.7. The van der Waals surface area contributed by atoms with Crippen molar-refractivity contribution >= 4 is 5.97 Å². The van der Waals surface area contributed by atoms with Crippen LogP contribution in [0, 0.1) is 0 Å².